The van der Waals surface area contributed by atoms with Gasteiger partial charge >= 0.3 is 5.97 Å². The highest BCUT2D eigenvalue weighted by molar-refractivity contribution is 9.10. The molecule has 0 aliphatic rings. The molecule has 1 atom stereocenters. The number of alkyl halides is 1. The highest BCUT2D eigenvalue weighted by Gasteiger charge is 2.65. The van der Waals surface area contributed by atoms with E-state index in [1.807, 2.05) is 0 Å². The van der Waals surface area contributed by atoms with Crippen LogP contribution in [0.1, 0.15) is 20.8 Å². The Kier molecular flexibility index (Phi) is 3.46. The number of carbonyl (C=O) groups excluding carboxylic acids is 1. The quantitative estimate of drug-likeness (QED) is 0.434. The lowest BCUT2D eigenvalue weighted by molar-refractivity contribution is -0.153. The van der Waals surface area contributed by atoms with Crippen molar-refractivity contribution in [3.63, 3.8) is 0 Å². The lowest BCUT2D eigenvalue weighted by atomic mass is 10.2. The van der Waals surface area contributed by atoms with Crippen LogP contribution < -0.4 is 0 Å². The zero-order valence-corrected chi connectivity index (χ0v) is 11.2. The van der Waals surface area contributed by atoms with Crippen LogP contribution in [0.5, 0.6) is 0 Å². The van der Waals surface area contributed by atoms with Crippen molar-refractivity contribution in [3.05, 3.63) is 0 Å². The van der Waals surface area contributed by atoms with Gasteiger partial charge < -0.3 is 4.74 Å². The fourth-order valence-electron chi connectivity index (χ4n) is 0.710. The average molecular weight is 335 g/mol. The first-order valence-corrected chi connectivity index (χ1v) is 7.12. The lowest BCUT2D eigenvalue weighted by Crippen LogP contribution is -2.33. The SMILES string of the molecule is CC(C)(C)OC(=O)C(Br)CS(F)(F)(F)(F)F. The van der Waals surface area contributed by atoms with Crippen LogP contribution in [-0.2, 0) is 9.53 Å². The predicted octanol–water partition coefficient (Wildman–Crippen LogP) is 4.39. The maximum Gasteiger partial charge on any atom is 0.321 e. The van der Waals surface area contributed by atoms with Crippen molar-refractivity contribution in [3.8, 4) is 0 Å². The second-order valence-corrected chi connectivity index (χ2v) is 7.99. The molecule has 0 fully saturated rings. The molecule has 0 N–H and O–H groups in total. The molecule has 0 bridgehead atoms. The predicted molar refractivity (Wildman–Crippen MR) is 56.6 cm³/mol. The molecule has 0 heterocycles. The van der Waals surface area contributed by atoms with Crippen LogP contribution in [0.2, 0.25) is 0 Å². The number of hydrogen-bond donors (Lipinski definition) is 0. The van der Waals surface area contributed by atoms with Crippen molar-refractivity contribution in [2.75, 3.05) is 5.75 Å². The second kappa shape index (κ2) is 3.47. The minimum Gasteiger partial charge on any atom is -0.459 e. The largest absolute Gasteiger partial charge is 0.459 e. The van der Waals surface area contributed by atoms with Gasteiger partial charge in [-0.2, -0.15) is 0 Å². The minimum atomic E-state index is -9.60. The van der Waals surface area contributed by atoms with E-state index in [1.165, 1.54) is 20.8 Å². The molecule has 9 heteroatoms. The molecule has 2 nitrogen and oxygen atoms in total. The molecule has 0 aromatic heterocycles. The molecule has 0 aromatic rings. The summed E-state index contributed by atoms with van der Waals surface area (Å²) in [4.78, 5) is 8.94. The van der Waals surface area contributed by atoms with E-state index in [4.69, 9.17) is 0 Å². The number of rotatable bonds is 3. The third-order valence-electron chi connectivity index (χ3n) is 1.12. The summed E-state index contributed by atoms with van der Waals surface area (Å²) < 4.78 is 64.6. The Bertz CT molecular complexity index is 292. The van der Waals surface area contributed by atoms with E-state index >= 15 is 0 Å². The second-order valence-electron chi connectivity index (χ2n) is 4.30. The van der Waals surface area contributed by atoms with Gasteiger partial charge in [-0.1, -0.05) is 35.4 Å². The third-order valence-corrected chi connectivity index (χ3v) is 3.21. The highest BCUT2D eigenvalue weighted by atomic mass is 79.9. The molecule has 1 unspecified atom stereocenters. The van der Waals surface area contributed by atoms with E-state index in [0.29, 0.717) is 0 Å². The number of ether oxygens (including phenoxy) is 1. The molecule has 100 valence electrons. The van der Waals surface area contributed by atoms with Crippen molar-refractivity contribution in [2.24, 2.45) is 0 Å². The standard InChI is InChI=1S/C7H12BrF5O2S/c1-7(2,3)15-6(14)5(8)4-16(9,10,11,12)13/h5H,4H2,1-3H3. The van der Waals surface area contributed by atoms with Crippen molar-refractivity contribution >= 4 is 32.1 Å². The molecule has 0 aliphatic heterocycles. The molecule has 16 heavy (non-hydrogen) atoms. The van der Waals surface area contributed by atoms with E-state index in [1.54, 1.807) is 0 Å². The topological polar surface area (TPSA) is 26.3 Å². The number of hydrogen-bond acceptors (Lipinski definition) is 2. The zero-order chi connectivity index (χ0) is 13.5. The van der Waals surface area contributed by atoms with Gasteiger partial charge in [-0.25, -0.2) is 0 Å². The van der Waals surface area contributed by atoms with Gasteiger partial charge in [0.25, 0.3) is 10.2 Å². The van der Waals surface area contributed by atoms with Crippen molar-refractivity contribution < 1.29 is 29.0 Å². The summed E-state index contributed by atoms with van der Waals surface area (Å²) in [5.41, 5.74) is -1.03. The molecule has 0 rings (SSSR count). The Morgan fingerprint density at radius 3 is 1.88 bits per heavy atom. The smallest absolute Gasteiger partial charge is 0.321 e. The number of halogens is 6. The van der Waals surface area contributed by atoms with Gasteiger partial charge in [0.2, 0.25) is 0 Å². The van der Waals surface area contributed by atoms with Gasteiger partial charge in [-0.05, 0) is 20.8 Å². The molecular weight excluding hydrogens is 323 g/mol. The summed E-state index contributed by atoms with van der Waals surface area (Å²) in [5, 5.41) is 0. The zero-order valence-electron chi connectivity index (χ0n) is 8.78. The summed E-state index contributed by atoms with van der Waals surface area (Å²) in [6.45, 7) is 4.26. The molecule has 0 saturated carbocycles. The lowest BCUT2D eigenvalue weighted by Gasteiger charge is -2.41. The minimum absolute atomic E-state index is 1.03. The monoisotopic (exact) mass is 334 g/mol. The van der Waals surface area contributed by atoms with Crippen molar-refractivity contribution in [2.45, 2.75) is 31.2 Å². The van der Waals surface area contributed by atoms with E-state index < -0.39 is 32.4 Å². The summed E-state index contributed by atoms with van der Waals surface area (Å²) >= 11 is 2.26. The van der Waals surface area contributed by atoms with Gasteiger partial charge in [0.15, 0.2) is 0 Å². The van der Waals surface area contributed by atoms with Gasteiger partial charge in [-0.3, -0.25) is 4.79 Å². The summed E-state index contributed by atoms with van der Waals surface area (Å²) in [7, 11) is -9.60. The highest BCUT2D eigenvalue weighted by Crippen LogP contribution is 2.98. The maximum absolute atomic E-state index is 12.0. The van der Waals surface area contributed by atoms with E-state index in [9.17, 15) is 24.2 Å². The molecule has 0 saturated heterocycles. The van der Waals surface area contributed by atoms with Gasteiger partial charge in [0.05, 0.1) is 0 Å². The summed E-state index contributed by atoms with van der Waals surface area (Å²) in [6.07, 6.45) is 0. The first-order valence-electron chi connectivity index (χ1n) is 4.09. The molecule has 0 aliphatic carbocycles. The van der Waals surface area contributed by atoms with E-state index in [-0.39, 0.29) is 0 Å². The first-order chi connectivity index (χ1) is 6.49. The summed E-state index contributed by atoms with van der Waals surface area (Å²) in [6, 6.07) is 0. The third kappa shape index (κ3) is 9.20. The Balaban J connectivity index is 4.64. The molecule has 0 aromatic carbocycles. The number of carbonyl (C=O) groups is 1. The number of esters is 1. The van der Waals surface area contributed by atoms with Gasteiger partial charge in [0, 0.05) is 0 Å². The molecular formula is C7H12BrF5O2S. The summed E-state index contributed by atoms with van der Waals surface area (Å²) in [5.74, 6) is -3.87. The normalized spacial score (nSPS) is 19.6. The first kappa shape index (κ1) is 16.0. The average Bonchev–Trinajstić information content (AvgIpc) is 1.74. The maximum atomic E-state index is 12.0. The van der Waals surface area contributed by atoms with Crippen LogP contribution in [0, 0.1) is 0 Å². The van der Waals surface area contributed by atoms with Crippen molar-refractivity contribution in [1.82, 2.24) is 0 Å². The van der Waals surface area contributed by atoms with Crippen LogP contribution in [0.3, 0.4) is 0 Å². The fourth-order valence-corrected chi connectivity index (χ4v) is 2.99. The Morgan fingerprint density at radius 2 is 1.62 bits per heavy atom. The van der Waals surface area contributed by atoms with Crippen LogP contribution in [0.15, 0.2) is 0 Å². The van der Waals surface area contributed by atoms with E-state index in [0.717, 1.165) is 0 Å². The van der Waals surface area contributed by atoms with E-state index in [2.05, 4.69) is 20.7 Å². The van der Waals surface area contributed by atoms with Crippen LogP contribution in [0.4, 0.5) is 19.4 Å². The molecule has 0 radical (unpaired) electrons. The van der Waals surface area contributed by atoms with Crippen molar-refractivity contribution in [1.29, 1.82) is 0 Å². The Labute approximate surface area is 98.4 Å². The molecule has 0 spiro atoms. The van der Waals surface area contributed by atoms with Gasteiger partial charge in [-0.15, -0.1) is 0 Å². The Hall–Kier alpha value is -0.0500. The van der Waals surface area contributed by atoms with Crippen LogP contribution in [0.25, 0.3) is 0 Å². The van der Waals surface area contributed by atoms with Crippen LogP contribution >= 0.6 is 26.2 Å². The molecule has 0 amide bonds. The van der Waals surface area contributed by atoms with Crippen LogP contribution in [-0.4, -0.2) is 22.2 Å². The Morgan fingerprint density at radius 1 is 1.25 bits per heavy atom. The fraction of sp³-hybridized carbons (Fsp3) is 0.857. The van der Waals surface area contributed by atoms with Gasteiger partial charge in [0.1, 0.15) is 16.2 Å².